The van der Waals surface area contributed by atoms with Crippen LogP contribution in [0, 0.1) is 23.2 Å². The third-order valence-electron chi connectivity index (χ3n) is 6.96. The van der Waals surface area contributed by atoms with Crippen LogP contribution in [-0.4, -0.2) is 65.4 Å². The Balaban J connectivity index is 1.85. The van der Waals surface area contributed by atoms with Gasteiger partial charge in [-0.05, 0) is 19.3 Å². The maximum absolute atomic E-state index is 12.6. The molecule has 3 aliphatic rings. The van der Waals surface area contributed by atoms with Crippen molar-refractivity contribution in [1.29, 1.82) is 0 Å². The van der Waals surface area contributed by atoms with Crippen LogP contribution in [0.4, 0.5) is 0 Å². The molecule has 1 aliphatic heterocycles. The van der Waals surface area contributed by atoms with Gasteiger partial charge in [-0.1, -0.05) is 20.1 Å². The van der Waals surface area contributed by atoms with Crippen LogP contribution in [0.2, 0.25) is 0 Å². The lowest BCUT2D eigenvalue weighted by atomic mass is 9.51. The summed E-state index contributed by atoms with van der Waals surface area (Å²) >= 11 is 0. The molecular formula is C22H28O9. The number of aliphatic hydroxyl groups excluding tert-OH is 2. The molecule has 2 aliphatic carbocycles. The second kappa shape index (κ2) is 8.55. The molecule has 8 atom stereocenters. The Hall–Kier alpha value is -2.52. The fourth-order valence-corrected chi connectivity index (χ4v) is 5.28. The molecule has 0 aromatic heterocycles. The molecule has 3 rings (SSSR count). The summed E-state index contributed by atoms with van der Waals surface area (Å²) in [6.07, 6.45) is -1.99. The van der Waals surface area contributed by atoms with Crippen LogP contribution in [0.25, 0.3) is 0 Å². The zero-order valence-corrected chi connectivity index (χ0v) is 17.6. The zero-order valence-electron chi connectivity index (χ0n) is 17.6. The van der Waals surface area contributed by atoms with Gasteiger partial charge in [-0.3, -0.25) is 4.79 Å². The molecule has 0 aromatic carbocycles. The van der Waals surface area contributed by atoms with E-state index >= 15 is 0 Å². The van der Waals surface area contributed by atoms with E-state index in [1.807, 2.05) is 0 Å². The highest BCUT2D eigenvalue weighted by Crippen LogP contribution is 2.58. The van der Waals surface area contributed by atoms with Crippen LogP contribution < -0.4 is 0 Å². The minimum absolute atomic E-state index is 0.139. The van der Waals surface area contributed by atoms with Gasteiger partial charge in [0.1, 0.15) is 31.2 Å². The quantitative estimate of drug-likeness (QED) is 0.263. The van der Waals surface area contributed by atoms with E-state index in [1.54, 1.807) is 6.92 Å². The number of rotatable bonds is 6. The van der Waals surface area contributed by atoms with E-state index in [0.29, 0.717) is 12.8 Å². The number of carbonyl (C=O) groups is 4. The van der Waals surface area contributed by atoms with Crippen molar-refractivity contribution >= 4 is 24.2 Å². The van der Waals surface area contributed by atoms with Gasteiger partial charge in [0.25, 0.3) is 0 Å². The molecule has 0 amide bonds. The van der Waals surface area contributed by atoms with Crippen molar-refractivity contribution in [2.45, 2.75) is 57.5 Å². The second-order valence-corrected chi connectivity index (χ2v) is 8.84. The number of hydrogen-bond acceptors (Lipinski definition) is 9. The van der Waals surface area contributed by atoms with Gasteiger partial charge >= 0.3 is 17.9 Å². The summed E-state index contributed by atoms with van der Waals surface area (Å²) in [5.41, 5.74) is -1.00. The van der Waals surface area contributed by atoms with Gasteiger partial charge in [-0.2, -0.15) is 0 Å². The van der Waals surface area contributed by atoms with Crippen molar-refractivity contribution < 1.29 is 43.6 Å². The van der Waals surface area contributed by atoms with E-state index < -0.39 is 72.1 Å². The number of carbonyl (C=O) groups excluding carboxylic acids is 4. The van der Waals surface area contributed by atoms with Crippen molar-refractivity contribution in [3.8, 4) is 0 Å². The van der Waals surface area contributed by atoms with E-state index in [9.17, 15) is 29.4 Å². The zero-order chi connectivity index (χ0) is 23.1. The van der Waals surface area contributed by atoms with Gasteiger partial charge < -0.3 is 29.2 Å². The highest BCUT2D eigenvalue weighted by Gasteiger charge is 2.63. The van der Waals surface area contributed by atoms with Gasteiger partial charge in [0.05, 0.1) is 17.6 Å². The summed E-state index contributed by atoms with van der Waals surface area (Å²) in [5, 5.41) is 20.8. The fraction of sp³-hybridized carbons (Fsp3) is 0.636. The Morgan fingerprint density at radius 3 is 2.68 bits per heavy atom. The standard InChI is InChI=1S/C22H28O9/c1-10(14(25)9-29-12(3)24)20(27)30-15-7-22(4)16(26)6-5-13(8-23)18(22)19-17(15)11(2)21(28)31-19/h8,13-19,25-26H,1-2,5-7,9H2,3-4H3/t13-,14?,15+,16-,17-,18-,19+,22+/m1/s1. The van der Waals surface area contributed by atoms with Crippen molar-refractivity contribution in [3.63, 3.8) is 0 Å². The molecule has 170 valence electrons. The number of ether oxygens (including phenoxy) is 3. The van der Waals surface area contributed by atoms with Gasteiger partial charge in [0.2, 0.25) is 0 Å². The highest BCUT2D eigenvalue weighted by molar-refractivity contribution is 5.92. The third-order valence-corrected chi connectivity index (χ3v) is 6.96. The number of aliphatic hydroxyl groups is 2. The highest BCUT2D eigenvalue weighted by atomic mass is 16.6. The Morgan fingerprint density at radius 1 is 1.39 bits per heavy atom. The largest absolute Gasteiger partial charge is 0.463 e. The SMILES string of the molecule is C=C(C(=O)O[C@H]1C[C@]2(C)[C@@H]([C@H]3OC(=O)C(=C)[C@@H]31)[C@@H](C=O)CC[C@H]2O)C(O)COC(C)=O. The summed E-state index contributed by atoms with van der Waals surface area (Å²) in [5.74, 6) is -3.69. The summed E-state index contributed by atoms with van der Waals surface area (Å²) in [6, 6.07) is 0. The molecule has 0 spiro atoms. The first kappa shape index (κ1) is 23.1. The van der Waals surface area contributed by atoms with Gasteiger partial charge in [0.15, 0.2) is 0 Å². The van der Waals surface area contributed by atoms with Crippen LogP contribution in [0.15, 0.2) is 24.3 Å². The van der Waals surface area contributed by atoms with Crippen LogP contribution in [0.5, 0.6) is 0 Å². The second-order valence-electron chi connectivity index (χ2n) is 8.84. The number of hydrogen-bond donors (Lipinski definition) is 2. The first-order valence-electron chi connectivity index (χ1n) is 10.3. The maximum atomic E-state index is 12.6. The van der Waals surface area contributed by atoms with Crippen LogP contribution in [0.3, 0.4) is 0 Å². The van der Waals surface area contributed by atoms with Crippen molar-refractivity contribution in [3.05, 3.63) is 24.3 Å². The predicted octanol–water partition coefficient (Wildman–Crippen LogP) is 0.472. The molecule has 9 heteroatoms. The van der Waals surface area contributed by atoms with Gasteiger partial charge in [0, 0.05) is 29.7 Å². The first-order valence-corrected chi connectivity index (χ1v) is 10.3. The first-order chi connectivity index (χ1) is 14.5. The molecule has 0 aromatic rings. The Kier molecular flexibility index (Phi) is 6.38. The molecule has 31 heavy (non-hydrogen) atoms. The van der Waals surface area contributed by atoms with Crippen molar-refractivity contribution in [2.75, 3.05) is 6.61 Å². The fourth-order valence-electron chi connectivity index (χ4n) is 5.28. The van der Waals surface area contributed by atoms with E-state index in [-0.39, 0.29) is 17.6 Å². The lowest BCUT2D eigenvalue weighted by molar-refractivity contribution is -0.195. The molecule has 9 nitrogen and oxygen atoms in total. The van der Waals surface area contributed by atoms with Crippen molar-refractivity contribution in [1.82, 2.24) is 0 Å². The molecule has 1 heterocycles. The molecule has 3 fully saturated rings. The summed E-state index contributed by atoms with van der Waals surface area (Å²) in [6.45, 7) is 9.83. The summed E-state index contributed by atoms with van der Waals surface area (Å²) in [4.78, 5) is 47.6. The normalized spacial score (nSPS) is 37.7. The number of fused-ring (bicyclic) bond motifs is 3. The molecular weight excluding hydrogens is 408 g/mol. The summed E-state index contributed by atoms with van der Waals surface area (Å²) in [7, 11) is 0. The van der Waals surface area contributed by atoms with Crippen LogP contribution in [-0.2, 0) is 33.4 Å². The molecule has 0 bridgehead atoms. The predicted molar refractivity (Wildman–Crippen MR) is 105 cm³/mol. The minimum Gasteiger partial charge on any atom is -0.463 e. The Bertz CT molecular complexity index is 818. The Labute approximate surface area is 180 Å². The smallest absolute Gasteiger partial charge is 0.336 e. The number of esters is 3. The van der Waals surface area contributed by atoms with Crippen LogP contribution in [0.1, 0.15) is 33.1 Å². The average Bonchev–Trinajstić information content (AvgIpc) is 3.01. The van der Waals surface area contributed by atoms with Gasteiger partial charge in [-0.15, -0.1) is 0 Å². The average molecular weight is 436 g/mol. The van der Waals surface area contributed by atoms with E-state index in [1.165, 1.54) is 0 Å². The Morgan fingerprint density at radius 2 is 2.06 bits per heavy atom. The van der Waals surface area contributed by atoms with Crippen molar-refractivity contribution in [2.24, 2.45) is 23.2 Å². The third kappa shape index (κ3) is 4.04. The molecule has 0 radical (unpaired) electrons. The topological polar surface area (TPSA) is 136 Å². The van der Waals surface area contributed by atoms with E-state index in [4.69, 9.17) is 9.47 Å². The molecule has 1 unspecified atom stereocenters. The molecule has 2 saturated carbocycles. The lowest BCUT2D eigenvalue weighted by Gasteiger charge is -2.55. The minimum atomic E-state index is -1.46. The summed E-state index contributed by atoms with van der Waals surface area (Å²) < 4.78 is 15.8. The van der Waals surface area contributed by atoms with Crippen LogP contribution >= 0.6 is 0 Å². The number of aldehydes is 1. The van der Waals surface area contributed by atoms with Gasteiger partial charge in [-0.25, -0.2) is 9.59 Å². The van der Waals surface area contributed by atoms with E-state index in [0.717, 1.165) is 13.2 Å². The maximum Gasteiger partial charge on any atom is 0.336 e. The lowest BCUT2D eigenvalue weighted by Crippen LogP contribution is -2.60. The molecule has 2 N–H and O–H groups in total. The van der Waals surface area contributed by atoms with E-state index in [2.05, 4.69) is 17.9 Å². The monoisotopic (exact) mass is 436 g/mol. The molecule has 1 saturated heterocycles.